The van der Waals surface area contributed by atoms with Crippen LogP contribution in [0.1, 0.15) is 44.1 Å². The average molecular weight is 329 g/mol. The van der Waals surface area contributed by atoms with Gasteiger partial charge < -0.3 is 0 Å². The van der Waals surface area contributed by atoms with E-state index in [0.29, 0.717) is 11.6 Å². The molecule has 0 bridgehead atoms. The third-order valence-electron chi connectivity index (χ3n) is 4.69. The Kier molecular flexibility index (Phi) is 5.06. The minimum atomic E-state index is 0.143. The zero-order chi connectivity index (χ0) is 16.2. The van der Waals surface area contributed by atoms with E-state index in [0.717, 1.165) is 22.9 Å². The minimum absolute atomic E-state index is 0.143. The maximum absolute atomic E-state index is 12.4. The first-order valence-corrected chi connectivity index (χ1v) is 9.13. The number of hydrogen-bond acceptors (Lipinski definition) is 4. The summed E-state index contributed by atoms with van der Waals surface area (Å²) in [6.45, 7) is 2.06. The number of amides is 1. The van der Waals surface area contributed by atoms with Crippen molar-refractivity contribution in [3.8, 4) is 10.6 Å². The first-order valence-electron chi connectivity index (χ1n) is 8.31. The third-order valence-corrected chi connectivity index (χ3v) is 5.73. The number of aryl methyl sites for hydroxylation is 1. The molecule has 1 aliphatic rings. The molecule has 1 saturated carbocycles. The number of anilines is 1. The summed E-state index contributed by atoms with van der Waals surface area (Å²) in [6, 6.07) is 8.12. The number of hydrogen-bond donors (Lipinski definition) is 0. The highest BCUT2D eigenvalue weighted by Crippen LogP contribution is 2.31. The summed E-state index contributed by atoms with van der Waals surface area (Å²) in [7, 11) is 1.80. The van der Waals surface area contributed by atoms with Crippen molar-refractivity contribution in [2.24, 2.45) is 5.92 Å². The molecule has 4 nitrogen and oxygen atoms in total. The van der Waals surface area contributed by atoms with Crippen LogP contribution in [0.5, 0.6) is 0 Å². The fourth-order valence-corrected chi connectivity index (χ4v) is 4.09. The molecule has 0 unspecified atom stereocenters. The SMILES string of the molecule is Cc1ccccc1-c1nnc(N(C)C(=O)CCC2CCCC2)s1. The number of carbonyl (C=O) groups excluding carboxylic acids is 1. The zero-order valence-electron chi connectivity index (χ0n) is 13.8. The predicted octanol–water partition coefficient (Wildman–Crippen LogP) is 4.45. The van der Waals surface area contributed by atoms with Crippen molar-refractivity contribution < 1.29 is 4.79 Å². The quantitative estimate of drug-likeness (QED) is 0.814. The van der Waals surface area contributed by atoms with E-state index in [1.54, 1.807) is 11.9 Å². The second kappa shape index (κ2) is 7.21. The molecule has 0 saturated heterocycles. The molecule has 1 aromatic heterocycles. The topological polar surface area (TPSA) is 46.1 Å². The second-order valence-corrected chi connectivity index (χ2v) is 7.30. The molecule has 23 heavy (non-hydrogen) atoms. The largest absolute Gasteiger partial charge is 0.290 e. The van der Waals surface area contributed by atoms with Crippen LogP contribution < -0.4 is 4.90 Å². The smallest absolute Gasteiger partial charge is 0.228 e. The highest BCUT2D eigenvalue weighted by Gasteiger charge is 2.20. The van der Waals surface area contributed by atoms with Crippen LogP contribution in [0.3, 0.4) is 0 Å². The predicted molar refractivity (Wildman–Crippen MR) is 94.7 cm³/mol. The summed E-state index contributed by atoms with van der Waals surface area (Å²) in [6.07, 6.45) is 6.84. The summed E-state index contributed by atoms with van der Waals surface area (Å²) in [4.78, 5) is 14.0. The lowest BCUT2D eigenvalue weighted by atomic mass is 10.0. The Bertz CT molecular complexity index is 676. The normalized spacial score (nSPS) is 15.0. The molecule has 0 spiro atoms. The van der Waals surface area contributed by atoms with Gasteiger partial charge in [0.15, 0.2) is 0 Å². The van der Waals surface area contributed by atoms with Crippen molar-refractivity contribution in [3.05, 3.63) is 29.8 Å². The van der Waals surface area contributed by atoms with Gasteiger partial charge in [-0.3, -0.25) is 9.69 Å². The first-order chi connectivity index (χ1) is 11.1. The van der Waals surface area contributed by atoms with E-state index in [2.05, 4.69) is 23.2 Å². The van der Waals surface area contributed by atoms with Gasteiger partial charge in [-0.2, -0.15) is 0 Å². The molecule has 122 valence electrons. The molecule has 1 aromatic carbocycles. The average Bonchev–Trinajstić information content (AvgIpc) is 3.24. The first kappa shape index (κ1) is 16.1. The molecule has 1 aliphatic carbocycles. The Morgan fingerprint density at radius 1 is 1.26 bits per heavy atom. The van der Waals surface area contributed by atoms with Crippen molar-refractivity contribution in [1.29, 1.82) is 0 Å². The Hall–Kier alpha value is -1.75. The summed E-state index contributed by atoms with van der Waals surface area (Å²) in [5, 5.41) is 10.0. The van der Waals surface area contributed by atoms with E-state index >= 15 is 0 Å². The molecule has 5 heteroatoms. The third kappa shape index (κ3) is 3.78. The van der Waals surface area contributed by atoms with E-state index in [4.69, 9.17) is 0 Å². The van der Waals surface area contributed by atoms with Crippen molar-refractivity contribution in [3.63, 3.8) is 0 Å². The number of benzene rings is 1. The molecule has 0 N–H and O–H groups in total. The van der Waals surface area contributed by atoms with E-state index in [1.165, 1.54) is 42.6 Å². The fourth-order valence-electron chi connectivity index (χ4n) is 3.17. The fraction of sp³-hybridized carbons (Fsp3) is 0.500. The van der Waals surface area contributed by atoms with E-state index in [-0.39, 0.29) is 5.91 Å². The summed E-state index contributed by atoms with van der Waals surface area (Å²) in [5.41, 5.74) is 2.26. The van der Waals surface area contributed by atoms with Crippen LogP contribution in [0.25, 0.3) is 10.6 Å². The summed E-state index contributed by atoms with van der Waals surface area (Å²) >= 11 is 1.48. The Labute approximate surface area is 141 Å². The van der Waals surface area contributed by atoms with Gasteiger partial charge in [0.05, 0.1) is 0 Å². The van der Waals surface area contributed by atoms with Crippen molar-refractivity contribution in [2.45, 2.75) is 45.4 Å². The molecule has 2 aromatic rings. The lowest BCUT2D eigenvalue weighted by Gasteiger charge is -2.14. The summed E-state index contributed by atoms with van der Waals surface area (Å²) in [5.74, 6) is 0.883. The Morgan fingerprint density at radius 2 is 2.00 bits per heavy atom. The standard InChI is InChI=1S/C18H23N3OS/c1-13-7-3-6-10-15(13)17-19-20-18(23-17)21(2)16(22)12-11-14-8-4-5-9-14/h3,6-7,10,14H,4-5,8-9,11-12H2,1-2H3. The number of nitrogens with zero attached hydrogens (tertiary/aromatic N) is 3. The number of aromatic nitrogens is 2. The lowest BCUT2D eigenvalue weighted by molar-refractivity contribution is -0.118. The van der Waals surface area contributed by atoms with Crippen molar-refractivity contribution in [1.82, 2.24) is 10.2 Å². The zero-order valence-corrected chi connectivity index (χ0v) is 14.6. The molecule has 0 aliphatic heterocycles. The Balaban J connectivity index is 1.64. The van der Waals surface area contributed by atoms with Crippen LogP contribution in [0, 0.1) is 12.8 Å². The van der Waals surface area contributed by atoms with Gasteiger partial charge in [0.2, 0.25) is 11.0 Å². The molecule has 1 amide bonds. The minimum Gasteiger partial charge on any atom is -0.290 e. The van der Waals surface area contributed by atoms with Gasteiger partial charge in [0.25, 0.3) is 0 Å². The monoisotopic (exact) mass is 329 g/mol. The van der Waals surface area contributed by atoms with Gasteiger partial charge in [-0.15, -0.1) is 10.2 Å². The molecule has 3 rings (SSSR count). The number of carbonyl (C=O) groups is 1. The Morgan fingerprint density at radius 3 is 2.74 bits per heavy atom. The maximum atomic E-state index is 12.4. The van der Waals surface area contributed by atoms with Gasteiger partial charge in [-0.05, 0) is 24.8 Å². The maximum Gasteiger partial charge on any atom is 0.228 e. The molecular weight excluding hydrogens is 306 g/mol. The van der Waals surface area contributed by atoms with Crippen molar-refractivity contribution >= 4 is 22.4 Å². The van der Waals surface area contributed by atoms with Crippen LogP contribution in [0.2, 0.25) is 0 Å². The highest BCUT2D eigenvalue weighted by molar-refractivity contribution is 7.18. The van der Waals surface area contributed by atoms with Gasteiger partial charge in [-0.1, -0.05) is 61.3 Å². The second-order valence-electron chi connectivity index (χ2n) is 6.35. The molecule has 1 heterocycles. The van der Waals surface area contributed by atoms with E-state index in [1.807, 2.05) is 18.2 Å². The highest BCUT2D eigenvalue weighted by atomic mass is 32.1. The molecule has 0 radical (unpaired) electrons. The van der Waals surface area contributed by atoms with Crippen LogP contribution in [0.15, 0.2) is 24.3 Å². The molecular formula is C18H23N3OS. The van der Waals surface area contributed by atoms with Gasteiger partial charge in [-0.25, -0.2) is 0 Å². The van der Waals surface area contributed by atoms with Crippen molar-refractivity contribution in [2.75, 3.05) is 11.9 Å². The van der Waals surface area contributed by atoms with E-state index < -0.39 is 0 Å². The van der Waals surface area contributed by atoms with Crippen LogP contribution in [-0.4, -0.2) is 23.2 Å². The van der Waals surface area contributed by atoms with Gasteiger partial charge in [0.1, 0.15) is 5.01 Å². The van der Waals surface area contributed by atoms with Crippen LogP contribution in [-0.2, 0) is 4.79 Å². The van der Waals surface area contributed by atoms with Gasteiger partial charge >= 0.3 is 0 Å². The number of rotatable bonds is 5. The van der Waals surface area contributed by atoms with Gasteiger partial charge in [0, 0.05) is 19.0 Å². The van der Waals surface area contributed by atoms with Crippen LogP contribution in [0.4, 0.5) is 5.13 Å². The molecule has 1 fully saturated rings. The van der Waals surface area contributed by atoms with E-state index in [9.17, 15) is 4.79 Å². The molecule has 0 atom stereocenters. The summed E-state index contributed by atoms with van der Waals surface area (Å²) < 4.78 is 0. The lowest BCUT2D eigenvalue weighted by Crippen LogP contribution is -2.26. The van der Waals surface area contributed by atoms with Crippen LogP contribution >= 0.6 is 11.3 Å².